The molecular formula is C24H25F3N4O2. The molecule has 1 aliphatic heterocycles. The maximum atomic E-state index is 12.6. The minimum absolute atomic E-state index is 0.108. The van der Waals surface area contributed by atoms with Gasteiger partial charge in [0, 0.05) is 30.9 Å². The zero-order chi connectivity index (χ0) is 23.6. The normalized spacial score (nSPS) is 15.0. The smallest absolute Gasteiger partial charge is 0.406 e. The van der Waals surface area contributed by atoms with E-state index in [2.05, 4.69) is 26.0 Å². The first-order valence-corrected chi connectivity index (χ1v) is 10.8. The summed E-state index contributed by atoms with van der Waals surface area (Å²) in [7, 11) is 0. The molecule has 1 fully saturated rings. The summed E-state index contributed by atoms with van der Waals surface area (Å²) >= 11 is 0. The fraction of sp³-hybridized carbons (Fsp3) is 0.375. The highest BCUT2D eigenvalue weighted by Crippen LogP contribution is 2.26. The van der Waals surface area contributed by atoms with Crippen LogP contribution in [0.5, 0.6) is 5.75 Å². The largest absolute Gasteiger partial charge is 0.573 e. The van der Waals surface area contributed by atoms with Gasteiger partial charge in [-0.25, -0.2) is 9.97 Å². The number of hydrogen-bond donors (Lipinski definition) is 1. The van der Waals surface area contributed by atoms with Gasteiger partial charge in [0.15, 0.2) is 0 Å². The van der Waals surface area contributed by atoms with E-state index >= 15 is 0 Å². The van der Waals surface area contributed by atoms with Crippen LogP contribution in [-0.2, 0) is 11.3 Å². The summed E-state index contributed by atoms with van der Waals surface area (Å²) in [6.07, 6.45) is -3.45. The van der Waals surface area contributed by atoms with E-state index in [0.717, 1.165) is 22.2 Å². The summed E-state index contributed by atoms with van der Waals surface area (Å²) in [5.74, 6) is 0.0931. The summed E-state index contributed by atoms with van der Waals surface area (Å²) < 4.78 is 41.1. The molecule has 0 unspecified atom stereocenters. The molecule has 174 valence electrons. The van der Waals surface area contributed by atoms with Crippen molar-refractivity contribution in [1.82, 2.24) is 15.3 Å². The minimum atomic E-state index is -4.75. The molecular weight excluding hydrogens is 433 g/mol. The molecule has 2 heterocycles. The standard InChI is InChI=1S/C24H25F3N4O2/c1-15-6-7-21-20(12-15)16(2)29-23(30-21)31-10-8-18(9-11-31)22(32)28-14-17-4-3-5-19(13-17)33-24(25,26)27/h3-7,12-13,18H,8-11,14H2,1-2H3,(H,28,32). The monoisotopic (exact) mass is 458 g/mol. The topological polar surface area (TPSA) is 67.4 Å². The maximum Gasteiger partial charge on any atom is 0.573 e. The van der Waals surface area contributed by atoms with Gasteiger partial charge in [-0.3, -0.25) is 4.79 Å². The Hall–Kier alpha value is -3.36. The molecule has 0 radical (unpaired) electrons. The number of amides is 1. The second-order valence-electron chi connectivity index (χ2n) is 8.30. The highest BCUT2D eigenvalue weighted by Gasteiger charge is 2.31. The summed E-state index contributed by atoms with van der Waals surface area (Å²) in [6, 6.07) is 11.7. The van der Waals surface area contributed by atoms with Crippen LogP contribution in [0.25, 0.3) is 10.9 Å². The third-order valence-corrected chi connectivity index (χ3v) is 5.78. The summed E-state index contributed by atoms with van der Waals surface area (Å²) in [6.45, 7) is 5.46. The number of aromatic nitrogens is 2. The third kappa shape index (κ3) is 5.71. The number of nitrogens with one attached hydrogen (secondary N) is 1. The number of halogens is 3. The Morgan fingerprint density at radius 1 is 1.12 bits per heavy atom. The number of anilines is 1. The maximum absolute atomic E-state index is 12.6. The molecule has 0 atom stereocenters. The lowest BCUT2D eigenvalue weighted by molar-refractivity contribution is -0.274. The molecule has 1 aromatic heterocycles. The molecule has 3 aromatic rings. The van der Waals surface area contributed by atoms with E-state index in [4.69, 9.17) is 4.98 Å². The van der Waals surface area contributed by atoms with E-state index in [1.165, 1.54) is 18.2 Å². The van der Waals surface area contributed by atoms with Crippen molar-refractivity contribution in [3.8, 4) is 5.75 Å². The second kappa shape index (κ2) is 9.25. The summed E-state index contributed by atoms with van der Waals surface area (Å²) in [4.78, 5) is 24.1. The van der Waals surface area contributed by atoms with Crippen LogP contribution in [0.1, 0.15) is 29.7 Å². The van der Waals surface area contributed by atoms with E-state index in [9.17, 15) is 18.0 Å². The average molecular weight is 458 g/mol. The first-order chi connectivity index (χ1) is 15.7. The summed E-state index contributed by atoms with van der Waals surface area (Å²) in [5.41, 5.74) is 3.53. The SMILES string of the molecule is Cc1ccc2nc(N3CCC(C(=O)NCc4cccc(OC(F)(F)F)c4)CC3)nc(C)c2c1. The quantitative estimate of drug-likeness (QED) is 0.602. The van der Waals surface area contributed by atoms with Gasteiger partial charge in [-0.05, 0) is 56.5 Å². The number of carbonyl (C=O) groups excluding carboxylic acids is 1. The molecule has 1 N–H and O–H groups in total. The van der Waals surface area contributed by atoms with Crippen LogP contribution in [-0.4, -0.2) is 35.3 Å². The molecule has 33 heavy (non-hydrogen) atoms. The Morgan fingerprint density at radius 3 is 2.61 bits per heavy atom. The van der Waals surface area contributed by atoms with E-state index in [0.29, 0.717) is 37.4 Å². The summed E-state index contributed by atoms with van der Waals surface area (Å²) in [5, 5.41) is 3.87. The predicted octanol–water partition coefficient (Wildman–Crippen LogP) is 4.68. The van der Waals surface area contributed by atoms with Gasteiger partial charge in [-0.15, -0.1) is 13.2 Å². The van der Waals surface area contributed by atoms with Crippen molar-refractivity contribution in [2.45, 2.75) is 39.6 Å². The lowest BCUT2D eigenvalue weighted by atomic mass is 9.96. The molecule has 0 saturated carbocycles. The molecule has 1 aliphatic rings. The van der Waals surface area contributed by atoms with Gasteiger partial charge in [-0.2, -0.15) is 0 Å². The molecule has 1 saturated heterocycles. The van der Waals surface area contributed by atoms with Crippen LogP contribution >= 0.6 is 0 Å². The van der Waals surface area contributed by atoms with Crippen molar-refractivity contribution in [1.29, 1.82) is 0 Å². The van der Waals surface area contributed by atoms with Crippen molar-refractivity contribution >= 4 is 22.8 Å². The Bertz CT molecular complexity index is 1160. The molecule has 4 rings (SSSR count). The van der Waals surface area contributed by atoms with E-state index in [1.54, 1.807) is 6.07 Å². The highest BCUT2D eigenvalue weighted by molar-refractivity contribution is 5.82. The number of aryl methyl sites for hydroxylation is 2. The fourth-order valence-electron chi connectivity index (χ4n) is 4.05. The lowest BCUT2D eigenvalue weighted by Crippen LogP contribution is -2.41. The second-order valence-corrected chi connectivity index (χ2v) is 8.30. The zero-order valence-corrected chi connectivity index (χ0v) is 18.4. The zero-order valence-electron chi connectivity index (χ0n) is 18.4. The number of rotatable bonds is 5. The molecule has 0 bridgehead atoms. The van der Waals surface area contributed by atoms with Gasteiger partial charge >= 0.3 is 6.36 Å². The minimum Gasteiger partial charge on any atom is -0.406 e. The van der Waals surface area contributed by atoms with Crippen molar-refractivity contribution < 1.29 is 22.7 Å². The molecule has 1 amide bonds. The van der Waals surface area contributed by atoms with Crippen LogP contribution in [0, 0.1) is 19.8 Å². The van der Waals surface area contributed by atoms with Crippen LogP contribution in [0.3, 0.4) is 0 Å². The number of benzene rings is 2. The van der Waals surface area contributed by atoms with Gasteiger partial charge in [0.1, 0.15) is 5.75 Å². The molecule has 9 heteroatoms. The van der Waals surface area contributed by atoms with Crippen LogP contribution in [0.2, 0.25) is 0 Å². The number of piperidine rings is 1. The van der Waals surface area contributed by atoms with Gasteiger partial charge < -0.3 is 15.0 Å². The van der Waals surface area contributed by atoms with Crippen molar-refractivity contribution in [2.75, 3.05) is 18.0 Å². The van der Waals surface area contributed by atoms with Gasteiger partial charge in [0.25, 0.3) is 0 Å². The number of carbonyl (C=O) groups is 1. The number of nitrogens with zero attached hydrogens (tertiary/aromatic N) is 3. The van der Waals surface area contributed by atoms with Gasteiger partial charge in [0.05, 0.1) is 11.2 Å². The first-order valence-electron chi connectivity index (χ1n) is 10.8. The predicted molar refractivity (Wildman–Crippen MR) is 119 cm³/mol. The van der Waals surface area contributed by atoms with E-state index in [-0.39, 0.29) is 24.1 Å². The number of ether oxygens (including phenoxy) is 1. The molecule has 6 nitrogen and oxygen atoms in total. The van der Waals surface area contributed by atoms with Crippen molar-refractivity contribution in [2.24, 2.45) is 5.92 Å². The average Bonchev–Trinajstić information content (AvgIpc) is 2.77. The molecule has 2 aromatic carbocycles. The number of hydrogen-bond acceptors (Lipinski definition) is 5. The Balaban J connectivity index is 1.33. The third-order valence-electron chi connectivity index (χ3n) is 5.78. The highest BCUT2D eigenvalue weighted by atomic mass is 19.4. The fourth-order valence-corrected chi connectivity index (χ4v) is 4.05. The Labute approximate surface area is 189 Å². The van der Waals surface area contributed by atoms with Crippen LogP contribution < -0.4 is 15.0 Å². The van der Waals surface area contributed by atoms with Crippen molar-refractivity contribution in [3.63, 3.8) is 0 Å². The molecule has 0 spiro atoms. The Morgan fingerprint density at radius 2 is 1.88 bits per heavy atom. The van der Waals surface area contributed by atoms with Gasteiger partial charge in [-0.1, -0.05) is 23.8 Å². The number of alkyl halides is 3. The van der Waals surface area contributed by atoms with E-state index in [1.807, 2.05) is 26.0 Å². The number of fused-ring (bicyclic) bond motifs is 1. The van der Waals surface area contributed by atoms with Gasteiger partial charge in [0.2, 0.25) is 11.9 Å². The molecule has 0 aliphatic carbocycles. The Kier molecular flexibility index (Phi) is 6.40. The van der Waals surface area contributed by atoms with E-state index < -0.39 is 6.36 Å². The lowest BCUT2D eigenvalue weighted by Gasteiger charge is -2.31. The van der Waals surface area contributed by atoms with Crippen LogP contribution in [0.4, 0.5) is 19.1 Å². The van der Waals surface area contributed by atoms with Crippen LogP contribution in [0.15, 0.2) is 42.5 Å². The van der Waals surface area contributed by atoms with Crippen molar-refractivity contribution in [3.05, 3.63) is 59.3 Å². The first kappa shape index (κ1) is 22.8.